The van der Waals surface area contributed by atoms with Crippen molar-refractivity contribution in [2.45, 2.75) is 51.0 Å². The molecule has 3 rings (SSSR count). The van der Waals surface area contributed by atoms with Crippen LogP contribution in [0.5, 0.6) is 0 Å². The second-order valence-electron chi connectivity index (χ2n) is 8.56. The Labute approximate surface area is 217 Å². The first-order chi connectivity index (χ1) is 17.5. The molecule has 2 aromatic rings. The second kappa shape index (κ2) is 15.0. The molecule has 1 unspecified atom stereocenters. The van der Waals surface area contributed by atoms with Gasteiger partial charge in [-0.1, -0.05) is 42.5 Å². The van der Waals surface area contributed by atoms with Crippen LogP contribution < -0.4 is 16.0 Å². The minimum atomic E-state index is -0.320. The van der Waals surface area contributed by atoms with Crippen molar-refractivity contribution in [2.75, 3.05) is 25.1 Å². The predicted molar refractivity (Wildman–Crippen MR) is 142 cm³/mol. The van der Waals surface area contributed by atoms with Crippen molar-refractivity contribution in [3.8, 4) is 0 Å². The maximum Gasteiger partial charge on any atom is 0.305 e. The van der Waals surface area contributed by atoms with Gasteiger partial charge in [0.2, 0.25) is 5.91 Å². The quantitative estimate of drug-likeness (QED) is 0.226. The summed E-state index contributed by atoms with van der Waals surface area (Å²) in [5.74, 6) is -0.880. The van der Waals surface area contributed by atoms with E-state index in [1.54, 1.807) is 24.3 Å². The molecule has 0 spiro atoms. The standard InChI is InChI=1S/C27H33N3O5S/c31-24(15-6-16-25(32)35-18-7-11-20-9-2-1-3-10-20)30-27(36)29-23-14-5-4-13-22(23)26(33)28-19-21-12-8-17-34-21/h1-5,9-10,13-14,21H,6-8,11-12,15-19H2,(H,28,33)(H2,29,30,31,36). The fraction of sp³-hybridized carbons (Fsp3) is 0.407. The van der Waals surface area contributed by atoms with Crippen LogP contribution in [0.15, 0.2) is 54.6 Å². The van der Waals surface area contributed by atoms with Crippen LogP contribution in [0.2, 0.25) is 0 Å². The first kappa shape index (κ1) is 27.3. The van der Waals surface area contributed by atoms with Gasteiger partial charge in [0.05, 0.1) is 24.0 Å². The molecule has 192 valence electrons. The zero-order valence-corrected chi connectivity index (χ0v) is 21.1. The van der Waals surface area contributed by atoms with E-state index in [1.165, 1.54) is 5.56 Å². The van der Waals surface area contributed by atoms with Crippen LogP contribution in [0.3, 0.4) is 0 Å². The molecule has 0 aliphatic carbocycles. The van der Waals surface area contributed by atoms with Crippen LogP contribution >= 0.6 is 12.2 Å². The Hall–Kier alpha value is -3.30. The second-order valence-corrected chi connectivity index (χ2v) is 8.96. The lowest BCUT2D eigenvalue weighted by Crippen LogP contribution is -2.35. The van der Waals surface area contributed by atoms with Crippen LogP contribution in [0, 0.1) is 0 Å². The summed E-state index contributed by atoms with van der Waals surface area (Å²) in [5, 5.41) is 8.47. The number of para-hydroxylation sites is 1. The molecule has 2 aromatic carbocycles. The zero-order chi connectivity index (χ0) is 25.6. The largest absolute Gasteiger partial charge is 0.466 e. The summed E-state index contributed by atoms with van der Waals surface area (Å²) in [6, 6.07) is 16.9. The summed E-state index contributed by atoms with van der Waals surface area (Å²) in [6.45, 7) is 1.53. The summed E-state index contributed by atoms with van der Waals surface area (Å²) in [4.78, 5) is 36.7. The summed E-state index contributed by atoms with van der Waals surface area (Å²) < 4.78 is 10.8. The highest BCUT2D eigenvalue weighted by Crippen LogP contribution is 2.16. The van der Waals surface area contributed by atoms with Crippen molar-refractivity contribution in [1.82, 2.24) is 10.6 Å². The molecule has 2 amide bonds. The highest BCUT2D eigenvalue weighted by molar-refractivity contribution is 7.80. The first-order valence-corrected chi connectivity index (χ1v) is 12.7. The Morgan fingerprint density at radius 3 is 2.56 bits per heavy atom. The third kappa shape index (κ3) is 9.75. The molecule has 9 heteroatoms. The van der Waals surface area contributed by atoms with E-state index in [9.17, 15) is 14.4 Å². The number of rotatable bonds is 12. The van der Waals surface area contributed by atoms with Crippen molar-refractivity contribution < 1.29 is 23.9 Å². The molecule has 1 fully saturated rings. The Kier molecular flexibility index (Phi) is 11.3. The lowest BCUT2D eigenvalue weighted by atomic mass is 10.1. The highest BCUT2D eigenvalue weighted by atomic mass is 32.1. The number of aryl methyl sites for hydroxylation is 1. The van der Waals surface area contributed by atoms with Crippen LogP contribution in [0.1, 0.15) is 54.4 Å². The number of benzene rings is 2. The summed E-state index contributed by atoms with van der Waals surface area (Å²) >= 11 is 5.24. The van der Waals surface area contributed by atoms with Crippen molar-refractivity contribution in [1.29, 1.82) is 0 Å². The summed E-state index contributed by atoms with van der Waals surface area (Å²) in [6.07, 6.45) is 4.22. The Bertz CT molecular complexity index is 1030. The molecule has 1 aliphatic rings. The van der Waals surface area contributed by atoms with E-state index in [4.69, 9.17) is 21.7 Å². The van der Waals surface area contributed by atoms with Crippen LogP contribution in [-0.2, 0) is 25.5 Å². The Morgan fingerprint density at radius 2 is 1.78 bits per heavy atom. The van der Waals surface area contributed by atoms with Crippen molar-refractivity contribution >= 4 is 40.8 Å². The van der Waals surface area contributed by atoms with Gasteiger partial charge < -0.3 is 25.4 Å². The van der Waals surface area contributed by atoms with Gasteiger partial charge in [-0.3, -0.25) is 14.4 Å². The molecular formula is C27H33N3O5S. The van der Waals surface area contributed by atoms with Crippen LogP contribution in [0.4, 0.5) is 5.69 Å². The van der Waals surface area contributed by atoms with Gasteiger partial charge in [-0.2, -0.15) is 0 Å². The molecule has 3 N–H and O–H groups in total. The Morgan fingerprint density at radius 1 is 1.00 bits per heavy atom. The Balaban J connectivity index is 1.32. The molecule has 0 aromatic heterocycles. The van der Waals surface area contributed by atoms with Crippen LogP contribution in [0.25, 0.3) is 0 Å². The van der Waals surface area contributed by atoms with E-state index in [1.807, 2.05) is 30.3 Å². The number of amides is 2. The maximum atomic E-state index is 12.6. The van der Waals surface area contributed by atoms with Crippen molar-refractivity contribution in [3.63, 3.8) is 0 Å². The lowest BCUT2D eigenvalue weighted by Gasteiger charge is -2.15. The van der Waals surface area contributed by atoms with Crippen molar-refractivity contribution in [3.05, 3.63) is 65.7 Å². The fourth-order valence-electron chi connectivity index (χ4n) is 3.81. The fourth-order valence-corrected chi connectivity index (χ4v) is 4.04. The van der Waals surface area contributed by atoms with E-state index >= 15 is 0 Å². The van der Waals surface area contributed by atoms with Crippen LogP contribution in [-0.4, -0.2) is 48.8 Å². The highest BCUT2D eigenvalue weighted by Gasteiger charge is 2.18. The number of hydrogen-bond acceptors (Lipinski definition) is 6. The number of hydrogen-bond donors (Lipinski definition) is 3. The number of nitrogens with one attached hydrogen (secondary N) is 3. The summed E-state index contributed by atoms with van der Waals surface area (Å²) in [5.41, 5.74) is 2.12. The maximum absolute atomic E-state index is 12.6. The molecule has 0 saturated carbocycles. The van der Waals surface area contributed by atoms with Gasteiger partial charge in [0.25, 0.3) is 5.91 Å². The van der Waals surface area contributed by atoms with Gasteiger partial charge in [-0.15, -0.1) is 0 Å². The van der Waals surface area contributed by atoms with E-state index in [2.05, 4.69) is 16.0 Å². The van der Waals surface area contributed by atoms with Gasteiger partial charge in [0.1, 0.15) is 0 Å². The smallest absolute Gasteiger partial charge is 0.305 e. The molecule has 0 radical (unpaired) electrons. The zero-order valence-electron chi connectivity index (χ0n) is 20.3. The average Bonchev–Trinajstić information content (AvgIpc) is 3.40. The first-order valence-electron chi connectivity index (χ1n) is 12.3. The molecule has 1 heterocycles. The van der Waals surface area contributed by atoms with E-state index in [0.717, 1.165) is 32.3 Å². The third-order valence-electron chi connectivity index (χ3n) is 5.69. The molecule has 8 nitrogen and oxygen atoms in total. The molecular weight excluding hydrogens is 478 g/mol. The molecule has 1 atom stereocenters. The molecule has 1 saturated heterocycles. The minimum Gasteiger partial charge on any atom is -0.466 e. The van der Waals surface area contributed by atoms with E-state index < -0.39 is 0 Å². The number of esters is 1. The third-order valence-corrected chi connectivity index (χ3v) is 5.89. The number of carbonyl (C=O) groups is 3. The normalized spacial score (nSPS) is 14.6. The number of anilines is 1. The van der Waals surface area contributed by atoms with E-state index in [0.29, 0.717) is 30.8 Å². The minimum absolute atomic E-state index is 0.0426. The number of ether oxygens (including phenoxy) is 2. The van der Waals surface area contributed by atoms with Crippen molar-refractivity contribution in [2.24, 2.45) is 0 Å². The van der Waals surface area contributed by atoms with Gasteiger partial charge in [-0.25, -0.2) is 0 Å². The molecule has 36 heavy (non-hydrogen) atoms. The topological polar surface area (TPSA) is 106 Å². The number of carbonyl (C=O) groups excluding carboxylic acids is 3. The SMILES string of the molecule is O=C(CCCC(=O)OCCCc1ccccc1)NC(=S)Nc1ccccc1C(=O)NCC1CCCO1. The monoisotopic (exact) mass is 511 g/mol. The van der Waals surface area contributed by atoms with Gasteiger partial charge in [-0.05, 0) is 62.0 Å². The predicted octanol–water partition coefficient (Wildman–Crippen LogP) is 3.75. The molecule has 0 bridgehead atoms. The van der Waals surface area contributed by atoms with Gasteiger partial charge in [0.15, 0.2) is 5.11 Å². The number of thiocarbonyl (C=S) groups is 1. The lowest BCUT2D eigenvalue weighted by molar-refractivity contribution is -0.143. The van der Waals surface area contributed by atoms with Gasteiger partial charge >= 0.3 is 5.97 Å². The van der Waals surface area contributed by atoms with E-state index in [-0.39, 0.29) is 41.8 Å². The van der Waals surface area contributed by atoms with Gasteiger partial charge in [0, 0.05) is 26.0 Å². The summed E-state index contributed by atoms with van der Waals surface area (Å²) in [7, 11) is 0. The average molecular weight is 512 g/mol. The molecule has 1 aliphatic heterocycles.